The molecule has 0 aliphatic rings. The molecule has 3 nitrogen and oxygen atoms in total. The van der Waals surface area contributed by atoms with Crippen LogP contribution < -0.4 is 14.8 Å². The smallest absolute Gasteiger partial charge is 0.174 e. The van der Waals surface area contributed by atoms with Crippen molar-refractivity contribution in [3.63, 3.8) is 0 Å². The first-order valence-electron chi connectivity index (χ1n) is 6.14. The molecule has 0 saturated heterocycles. The molecule has 0 fully saturated rings. The number of halogens is 3. The minimum Gasteiger partial charge on any atom is -0.493 e. The van der Waals surface area contributed by atoms with Crippen molar-refractivity contribution in [3.8, 4) is 11.5 Å². The predicted molar refractivity (Wildman–Crippen MR) is 93.7 cm³/mol. The van der Waals surface area contributed by atoms with E-state index in [4.69, 9.17) is 21.1 Å². The lowest BCUT2D eigenvalue weighted by Gasteiger charge is -2.13. The summed E-state index contributed by atoms with van der Waals surface area (Å²) in [4.78, 5) is 0. The Morgan fingerprint density at radius 2 is 1.81 bits per heavy atom. The van der Waals surface area contributed by atoms with E-state index in [0.717, 1.165) is 20.2 Å². The summed E-state index contributed by atoms with van der Waals surface area (Å²) in [5.41, 5.74) is 2.06. The molecule has 0 saturated carbocycles. The molecule has 0 heterocycles. The van der Waals surface area contributed by atoms with Crippen LogP contribution in [0.15, 0.2) is 39.3 Å². The van der Waals surface area contributed by atoms with Crippen LogP contribution in [-0.4, -0.2) is 14.2 Å². The van der Waals surface area contributed by atoms with Gasteiger partial charge in [0.25, 0.3) is 0 Å². The van der Waals surface area contributed by atoms with E-state index in [1.165, 1.54) is 0 Å². The molecule has 0 radical (unpaired) electrons. The number of nitrogens with one attached hydrogen (secondary N) is 1. The van der Waals surface area contributed by atoms with Crippen molar-refractivity contribution in [1.82, 2.24) is 0 Å². The number of benzene rings is 2. The second kappa shape index (κ2) is 7.38. The van der Waals surface area contributed by atoms with Gasteiger partial charge < -0.3 is 14.8 Å². The van der Waals surface area contributed by atoms with Gasteiger partial charge in [-0.25, -0.2) is 0 Å². The van der Waals surface area contributed by atoms with Gasteiger partial charge in [-0.2, -0.15) is 0 Å². The molecule has 21 heavy (non-hydrogen) atoms. The maximum absolute atomic E-state index is 5.98. The minimum absolute atomic E-state index is 0.660. The first-order chi connectivity index (χ1) is 10.0. The van der Waals surface area contributed by atoms with Gasteiger partial charge in [0.1, 0.15) is 0 Å². The standard InChI is InChI=1S/C15H14Br2ClNO2/c1-20-14-6-9(5-12(17)15(14)21-2)8-19-10-3-4-13(18)11(16)7-10/h3-7,19H,8H2,1-2H3. The van der Waals surface area contributed by atoms with Gasteiger partial charge in [0, 0.05) is 16.7 Å². The molecule has 6 heteroatoms. The van der Waals surface area contributed by atoms with Crippen LogP contribution in [0.1, 0.15) is 5.56 Å². The maximum atomic E-state index is 5.98. The van der Waals surface area contributed by atoms with E-state index in [1.54, 1.807) is 14.2 Å². The molecule has 2 aromatic carbocycles. The highest BCUT2D eigenvalue weighted by molar-refractivity contribution is 9.10. The zero-order chi connectivity index (χ0) is 15.4. The number of hydrogen-bond acceptors (Lipinski definition) is 3. The van der Waals surface area contributed by atoms with E-state index in [-0.39, 0.29) is 0 Å². The highest BCUT2D eigenvalue weighted by Crippen LogP contribution is 2.36. The Hall–Kier alpha value is -0.910. The van der Waals surface area contributed by atoms with Crippen LogP contribution >= 0.6 is 43.5 Å². The van der Waals surface area contributed by atoms with Gasteiger partial charge in [-0.05, 0) is 67.8 Å². The third-order valence-corrected chi connectivity index (χ3v) is 4.71. The summed E-state index contributed by atoms with van der Waals surface area (Å²) in [5.74, 6) is 1.39. The van der Waals surface area contributed by atoms with Gasteiger partial charge in [-0.1, -0.05) is 11.6 Å². The summed E-state index contributed by atoms with van der Waals surface area (Å²) in [6.45, 7) is 0.660. The average Bonchev–Trinajstić information content (AvgIpc) is 2.47. The molecule has 0 aromatic heterocycles. The van der Waals surface area contributed by atoms with Gasteiger partial charge in [0.05, 0.1) is 23.7 Å². The van der Waals surface area contributed by atoms with Crippen molar-refractivity contribution in [3.05, 3.63) is 49.9 Å². The molecule has 1 N–H and O–H groups in total. The lowest BCUT2D eigenvalue weighted by Crippen LogP contribution is -2.01. The van der Waals surface area contributed by atoms with E-state index >= 15 is 0 Å². The normalized spacial score (nSPS) is 10.3. The Labute approximate surface area is 145 Å². The van der Waals surface area contributed by atoms with Crippen molar-refractivity contribution >= 4 is 49.1 Å². The van der Waals surface area contributed by atoms with Gasteiger partial charge >= 0.3 is 0 Å². The molecule has 0 amide bonds. The van der Waals surface area contributed by atoms with Crippen LogP contribution in [0.3, 0.4) is 0 Å². The Balaban J connectivity index is 2.16. The van der Waals surface area contributed by atoms with Crippen LogP contribution in [0, 0.1) is 0 Å². The van der Waals surface area contributed by atoms with Crippen molar-refractivity contribution in [1.29, 1.82) is 0 Å². The monoisotopic (exact) mass is 433 g/mol. The molecular formula is C15H14Br2ClNO2. The van der Waals surface area contributed by atoms with E-state index in [2.05, 4.69) is 37.2 Å². The largest absolute Gasteiger partial charge is 0.493 e. The van der Waals surface area contributed by atoms with Crippen molar-refractivity contribution < 1.29 is 9.47 Å². The fourth-order valence-corrected chi connectivity index (χ4v) is 3.03. The zero-order valence-corrected chi connectivity index (χ0v) is 15.5. The second-order valence-corrected chi connectivity index (χ2v) is 6.41. The number of anilines is 1. The van der Waals surface area contributed by atoms with E-state index in [1.807, 2.05) is 30.3 Å². The molecule has 2 rings (SSSR count). The highest BCUT2D eigenvalue weighted by Gasteiger charge is 2.10. The van der Waals surface area contributed by atoms with E-state index < -0.39 is 0 Å². The van der Waals surface area contributed by atoms with Crippen molar-refractivity contribution in [2.24, 2.45) is 0 Å². The fraction of sp³-hybridized carbons (Fsp3) is 0.200. The lowest BCUT2D eigenvalue weighted by atomic mass is 10.2. The van der Waals surface area contributed by atoms with Gasteiger partial charge in [-0.3, -0.25) is 0 Å². The van der Waals surface area contributed by atoms with Crippen LogP contribution in [0.4, 0.5) is 5.69 Å². The Morgan fingerprint density at radius 3 is 2.43 bits per heavy atom. The first kappa shape index (κ1) is 16.5. The van der Waals surface area contributed by atoms with Crippen LogP contribution in [-0.2, 0) is 6.54 Å². The summed E-state index contributed by atoms with van der Waals surface area (Å²) in [6, 6.07) is 9.67. The number of rotatable bonds is 5. The van der Waals surface area contributed by atoms with E-state index in [9.17, 15) is 0 Å². The fourth-order valence-electron chi connectivity index (χ4n) is 1.88. The molecule has 0 aliphatic heterocycles. The minimum atomic E-state index is 0.660. The average molecular weight is 436 g/mol. The quantitative estimate of drug-likeness (QED) is 0.673. The summed E-state index contributed by atoms with van der Waals surface area (Å²) in [6.07, 6.45) is 0. The van der Waals surface area contributed by atoms with Crippen LogP contribution in [0.2, 0.25) is 5.02 Å². The maximum Gasteiger partial charge on any atom is 0.174 e. The number of ether oxygens (including phenoxy) is 2. The summed E-state index contributed by atoms with van der Waals surface area (Å²) in [7, 11) is 3.24. The summed E-state index contributed by atoms with van der Waals surface area (Å²) in [5, 5.41) is 4.03. The summed E-state index contributed by atoms with van der Waals surface area (Å²) >= 11 is 12.9. The molecule has 0 bridgehead atoms. The molecule has 0 atom stereocenters. The Morgan fingerprint density at radius 1 is 1.05 bits per heavy atom. The molecule has 0 unspecified atom stereocenters. The van der Waals surface area contributed by atoms with Crippen molar-refractivity contribution in [2.45, 2.75) is 6.54 Å². The molecule has 112 valence electrons. The molecular weight excluding hydrogens is 421 g/mol. The number of hydrogen-bond donors (Lipinski definition) is 1. The van der Waals surface area contributed by atoms with Gasteiger partial charge in [-0.15, -0.1) is 0 Å². The van der Waals surface area contributed by atoms with Gasteiger partial charge in [0.15, 0.2) is 11.5 Å². The third-order valence-electron chi connectivity index (χ3n) is 2.91. The lowest BCUT2D eigenvalue weighted by molar-refractivity contribution is 0.352. The molecule has 2 aromatic rings. The molecule has 0 spiro atoms. The van der Waals surface area contributed by atoms with Gasteiger partial charge in [0.2, 0.25) is 0 Å². The molecule has 0 aliphatic carbocycles. The first-order valence-corrected chi connectivity index (χ1v) is 8.11. The van der Waals surface area contributed by atoms with Crippen LogP contribution in [0.5, 0.6) is 11.5 Å². The van der Waals surface area contributed by atoms with E-state index in [0.29, 0.717) is 23.1 Å². The summed E-state index contributed by atoms with van der Waals surface area (Å²) < 4.78 is 12.4. The predicted octanol–water partition coefficient (Wildman–Crippen LogP) is 5.49. The zero-order valence-electron chi connectivity index (χ0n) is 11.5. The second-order valence-electron chi connectivity index (χ2n) is 4.30. The Kier molecular flexibility index (Phi) is 5.79. The third kappa shape index (κ3) is 4.05. The Bertz CT molecular complexity index is 650. The highest BCUT2D eigenvalue weighted by atomic mass is 79.9. The number of methoxy groups -OCH3 is 2. The topological polar surface area (TPSA) is 30.5 Å². The van der Waals surface area contributed by atoms with Crippen molar-refractivity contribution in [2.75, 3.05) is 19.5 Å². The van der Waals surface area contributed by atoms with Crippen LogP contribution in [0.25, 0.3) is 0 Å². The SMILES string of the molecule is COc1cc(CNc2ccc(Cl)c(Br)c2)cc(Br)c1OC.